The number of carbonyl (C=O) groups is 1. The lowest BCUT2D eigenvalue weighted by Crippen LogP contribution is -2.00. The molecule has 0 N–H and O–H groups in total. The first-order valence-electron chi connectivity index (χ1n) is 6.46. The van der Waals surface area contributed by atoms with Gasteiger partial charge in [0.05, 0.1) is 6.61 Å². The largest absolute Gasteiger partial charge is 0.381 e. The summed E-state index contributed by atoms with van der Waals surface area (Å²) in [7, 11) is 0. The molecule has 1 aromatic heterocycles. The van der Waals surface area contributed by atoms with Gasteiger partial charge in [0.2, 0.25) is 0 Å². The lowest BCUT2D eigenvalue weighted by Gasteiger charge is -2.09. The molecule has 2 aromatic rings. The normalized spacial score (nSPS) is 18.4. The van der Waals surface area contributed by atoms with Gasteiger partial charge in [-0.1, -0.05) is 18.2 Å². The standard InChI is InChI=1S/C16H15NO2/c18-10-12-2-1-3-13(8-12)14-4-6-17-16(9-14)15-5-7-19-11-15/h1-4,6,8-10,15H,5,7,11H2. The first-order chi connectivity index (χ1) is 9.36. The molecule has 0 aliphatic carbocycles. The zero-order chi connectivity index (χ0) is 13.1. The van der Waals surface area contributed by atoms with Crippen LogP contribution < -0.4 is 0 Å². The molecule has 96 valence electrons. The van der Waals surface area contributed by atoms with Crippen LogP contribution in [0.3, 0.4) is 0 Å². The highest BCUT2D eigenvalue weighted by molar-refractivity contribution is 5.78. The summed E-state index contributed by atoms with van der Waals surface area (Å²) in [6.07, 6.45) is 3.73. The van der Waals surface area contributed by atoms with Crippen molar-refractivity contribution in [3.8, 4) is 11.1 Å². The third-order valence-corrected chi connectivity index (χ3v) is 3.49. The Morgan fingerprint density at radius 1 is 1.21 bits per heavy atom. The van der Waals surface area contributed by atoms with E-state index in [1.807, 2.05) is 36.5 Å². The van der Waals surface area contributed by atoms with E-state index in [1.165, 1.54) is 0 Å². The Bertz CT molecular complexity index is 589. The van der Waals surface area contributed by atoms with Crippen LogP contribution in [0.4, 0.5) is 0 Å². The molecule has 19 heavy (non-hydrogen) atoms. The maximum absolute atomic E-state index is 10.8. The van der Waals surface area contributed by atoms with E-state index in [1.54, 1.807) is 0 Å². The van der Waals surface area contributed by atoms with Crippen LogP contribution in [-0.2, 0) is 4.74 Å². The molecule has 0 bridgehead atoms. The summed E-state index contributed by atoms with van der Waals surface area (Å²) < 4.78 is 5.41. The number of benzene rings is 1. The molecule has 1 fully saturated rings. The van der Waals surface area contributed by atoms with Gasteiger partial charge < -0.3 is 4.74 Å². The van der Waals surface area contributed by atoms with Crippen molar-refractivity contribution in [2.45, 2.75) is 12.3 Å². The fraction of sp³-hybridized carbons (Fsp3) is 0.250. The van der Waals surface area contributed by atoms with Gasteiger partial charge in [-0.2, -0.15) is 0 Å². The second-order valence-electron chi connectivity index (χ2n) is 4.77. The van der Waals surface area contributed by atoms with E-state index in [0.717, 1.165) is 42.7 Å². The fourth-order valence-corrected chi connectivity index (χ4v) is 2.41. The summed E-state index contributed by atoms with van der Waals surface area (Å²) >= 11 is 0. The minimum Gasteiger partial charge on any atom is -0.381 e. The molecular formula is C16H15NO2. The summed E-state index contributed by atoms with van der Waals surface area (Å²) in [6.45, 7) is 1.57. The summed E-state index contributed by atoms with van der Waals surface area (Å²) in [5, 5.41) is 0. The van der Waals surface area contributed by atoms with E-state index in [0.29, 0.717) is 11.5 Å². The van der Waals surface area contributed by atoms with Gasteiger partial charge in [-0.15, -0.1) is 0 Å². The monoisotopic (exact) mass is 253 g/mol. The van der Waals surface area contributed by atoms with Crippen molar-refractivity contribution in [1.29, 1.82) is 0 Å². The van der Waals surface area contributed by atoms with Crippen molar-refractivity contribution >= 4 is 6.29 Å². The number of aromatic nitrogens is 1. The summed E-state index contributed by atoms with van der Waals surface area (Å²) in [5.41, 5.74) is 3.92. The molecule has 1 aliphatic heterocycles. The maximum atomic E-state index is 10.8. The molecule has 1 atom stereocenters. The van der Waals surface area contributed by atoms with Gasteiger partial charge in [0, 0.05) is 30.0 Å². The number of pyridine rings is 1. The van der Waals surface area contributed by atoms with Crippen LogP contribution in [0, 0.1) is 0 Å². The van der Waals surface area contributed by atoms with E-state index in [2.05, 4.69) is 11.1 Å². The van der Waals surface area contributed by atoms with Crippen LogP contribution in [0.15, 0.2) is 42.6 Å². The van der Waals surface area contributed by atoms with Crippen LogP contribution in [0.25, 0.3) is 11.1 Å². The predicted molar refractivity (Wildman–Crippen MR) is 73.2 cm³/mol. The molecule has 1 saturated heterocycles. The minimum absolute atomic E-state index is 0.397. The molecule has 0 saturated carbocycles. The Morgan fingerprint density at radius 2 is 2.11 bits per heavy atom. The van der Waals surface area contributed by atoms with Crippen molar-refractivity contribution < 1.29 is 9.53 Å². The molecule has 0 amide bonds. The Balaban J connectivity index is 1.95. The Kier molecular flexibility index (Phi) is 3.38. The average molecular weight is 253 g/mol. The van der Waals surface area contributed by atoms with Crippen molar-refractivity contribution in [2.24, 2.45) is 0 Å². The number of aldehydes is 1. The van der Waals surface area contributed by atoms with E-state index in [-0.39, 0.29) is 0 Å². The van der Waals surface area contributed by atoms with Gasteiger partial charge in [0.1, 0.15) is 6.29 Å². The molecule has 3 rings (SSSR count). The third-order valence-electron chi connectivity index (χ3n) is 3.49. The van der Waals surface area contributed by atoms with Crippen LogP contribution in [0.5, 0.6) is 0 Å². The number of hydrogen-bond acceptors (Lipinski definition) is 3. The van der Waals surface area contributed by atoms with E-state index >= 15 is 0 Å². The maximum Gasteiger partial charge on any atom is 0.150 e. The highest BCUT2D eigenvalue weighted by Crippen LogP contribution is 2.27. The zero-order valence-electron chi connectivity index (χ0n) is 10.6. The Morgan fingerprint density at radius 3 is 2.89 bits per heavy atom. The number of carbonyl (C=O) groups excluding carboxylic acids is 1. The van der Waals surface area contributed by atoms with Gasteiger partial charge in [0.25, 0.3) is 0 Å². The van der Waals surface area contributed by atoms with E-state index in [4.69, 9.17) is 4.74 Å². The predicted octanol–water partition coefficient (Wildman–Crippen LogP) is 3.07. The lowest BCUT2D eigenvalue weighted by atomic mass is 9.99. The molecule has 2 heterocycles. The van der Waals surface area contributed by atoms with Gasteiger partial charge in [0.15, 0.2) is 0 Å². The molecular weight excluding hydrogens is 238 g/mol. The first kappa shape index (κ1) is 12.1. The topological polar surface area (TPSA) is 39.2 Å². The van der Waals surface area contributed by atoms with Crippen molar-refractivity contribution in [3.05, 3.63) is 53.9 Å². The first-order valence-corrected chi connectivity index (χ1v) is 6.46. The van der Waals surface area contributed by atoms with Gasteiger partial charge in [-0.25, -0.2) is 0 Å². The molecule has 3 heteroatoms. The smallest absolute Gasteiger partial charge is 0.150 e. The highest BCUT2D eigenvalue weighted by Gasteiger charge is 2.19. The SMILES string of the molecule is O=Cc1cccc(-c2ccnc(C3CCOC3)c2)c1. The molecule has 0 spiro atoms. The minimum atomic E-state index is 0.397. The zero-order valence-corrected chi connectivity index (χ0v) is 10.6. The molecule has 3 nitrogen and oxygen atoms in total. The van der Waals surface area contributed by atoms with Gasteiger partial charge in [-0.05, 0) is 35.7 Å². The van der Waals surface area contributed by atoms with Crippen molar-refractivity contribution in [3.63, 3.8) is 0 Å². The van der Waals surface area contributed by atoms with E-state index in [9.17, 15) is 4.79 Å². The van der Waals surface area contributed by atoms with Gasteiger partial charge in [-0.3, -0.25) is 9.78 Å². The molecule has 0 radical (unpaired) electrons. The van der Waals surface area contributed by atoms with Gasteiger partial charge >= 0.3 is 0 Å². The summed E-state index contributed by atoms with van der Waals surface area (Å²) in [5.74, 6) is 0.397. The second kappa shape index (κ2) is 5.33. The van der Waals surface area contributed by atoms with Crippen LogP contribution in [0.2, 0.25) is 0 Å². The summed E-state index contributed by atoms with van der Waals surface area (Å²) in [6, 6.07) is 11.7. The van der Waals surface area contributed by atoms with Crippen LogP contribution in [0.1, 0.15) is 28.4 Å². The number of ether oxygens (including phenoxy) is 1. The molecule has 1 unspecified atom stereocenters. The quantitative estimate of drug-likeness (QED) is 0.789. The highest BCUT2D eigenvalue weighted by atomic mass is 16.5. The molecule has 1 aromatic carbocycles. The fourth-order valence-electron chi connectivity index (χ4n) is 2.41. The van der Waals surface area contributed by atoms with Crippen LogP contribution >= 0.6 is 0 Å². The van der Waals surface area contributed by atoms with Crippen molar-refractivity contribution in [1.82, 2.24) is 4.98 Å². The number of hydrogen-bond donors (Lipinski definition) is 0. The van der Waals surface area contributed by atoms with Crippen LogP contribution in [-0.4, -0.2) is 24.5 Å². The molecule has 1 aliphatic rings. The van der Waals surface area contributed by atoms with E-state index < -0.39 is 0 Å². The average Bonchev–Trinajstić information content (AvgIpc) is 3.02. The lowest BCUT2D eigenvalue weighted by molar-refractivity contribution is 0.112. The number of nitrogens with zero attached hydrogens (tertiary/aromatic N) is 1. The van der Waals surface area contributed by atoms with Crippen molar-refractivity contribution in [2.75, 3.05) is 13.2 Å². The Hall–Kier alpha value is -2.00. The third kappa shape index (κ3) is 2.56. The number of rotatable bonds is 3. The second-order valence-corrected chi connectivity index (χ2v) is 4.77. The summed E-state index contributed by atoms with van der Waals surface area (Å²) in [4.78, 5) is 15.3. The Labute approximate surface area is 112 Å².